The molecular weight excluding hydrogens is 156 g/mol. The molecule has 0 rings (SSSR count). The fraction of sp³-hybridized carbons (Fsp3) is 0.231. The smallest absolute Gasteiger partial charge is 0.0231 e. The maximum atomic E-state index is 3.91. The van der Waals surface area contributed by atoms with Crippen LogP contribution in [0.15, 0.2) is 60.3 Å². The molecule has 0 saturated carbocycles. The van der Waals surface area contributed by atoms with Gasteiger partial charge in [0.25, 0.3) is 0 Å². The van der Waals surface area contributed by atoms with Crippen LogP contribution in [0.2, 0.25) is 0 Å². The molecule has 0 aliphatic heterocycles. The van der Waals surface area contributed by atoms with Crippen LogP contribution in [0, 0.1) is 0 Å². The molecule has 0 radical (unpaired) electrons. The van der Waals surface area contributed by atoms with Crippen LogP contribution < -0.4 is 0 Å². The highest BCUT2D eigenvalue weighted by Gasteiger charge is 1.92. The summed E-state index contributed by atoms with van der Waals surface area (Å²) in [5.74, 6) is 0. The van der Waals surface area contributed by atoms with E-state index in [-0.39, 0.29) is 0 Å². The van der Waals surface area contributed by atoms with Crippen molar-refractivity contribution in [2.75, 3.05) is 0 Å². The monoisotopic (exact) mass is 174 g/mol. The summed E-state index contributed by atoms with van der Waals surface area (Å²) in [5.41, 5.74) is 3.34. The Kier molecular flexibility index (Phi) is 5.62. The normalized spacial score (nSPS) is 13.5. The zero-order valence-electron chi connectivity index (χ0n) is 8.80. The molecule has 0 aliphatic rings. The van der Waals surface area contributed by atoms with Crippen LogP contribution in [0.3, 0.4) is 0 Å². The fourth-order valence-electron chi connectivity index (χ4n) is 0.933. The van der Waals surface area contributed by atoms with Gasteiger partial charge in [0.2, 0.25) is 0 Å². The Morgan fingerprint density at radius 2 is 1.85 bits per heavy atom. The fourth-order valence-corrected chi connectivity index (χ4v) is 0.933. The second-order valence-corrected chi connectivity index (χ2v) is 2.87. The lowest BCUT2D eigenvalue weighted by molar-refractivity contribution is 1.42. The standard InChI is InChI=1S/C13H18/c1-6-9-13(11(4)5)10-12(7-2)8-3/h6-10H,2,4H2,1,3,5H3/b9-6-,12-8-,13-10-. The third-order valence-electron chi connectivity index (χ3n) is 1.73. The van der Waals surface area contributed by atoms with Gasteiger partial charge in [-0.05, 0) is 38.0 Å². The summed E-state index contributed by atoms with van der Waals surface area (Å²) in [4.78, 5) is 0. The first-order valence-electron chi connectivity index (χ1n) is 4.44. The van der Waals surface area contributed by atoms with Gasteiger partial charge >= 0.3 is 0 Å². The molecule has 0 spiro atoms. The van der Waals surface area contributed by atoms with E-state index in [4.69, 9.17) is 0 Å². The minimum Gasteiger partial charge on any atom is -0.0985 e. The largest absolute Gasteiger partial charge is 0.0985 e. The molecule has 0 aromatic rings. The lowest BCUT2D eigenvalue weighted by atomic mass is 10.1. The first kappa shape index (κ1) is 11.7. The van der Waals surface area contributed by atoms with E-state index >= 15 is 0 Å². The van der Waals surface area contributed by atoms with Crippen molar-refractivity contribution in [2.45, 2.75) is 20.8 Å². The van der Waals surface area contributed by atoms with E-state index in [0.29, 0.717) is 0 Å². The Labute approximate surface area is 81.7 Å². The van der Waals surface area contributed by atoms with Crippen molar-refractivity contribution >= 4 is 0 Å². The summed E-state index contributed by atoms with van der Waals surface area (Å²) in [5, 5.41) is 0. The molecular formula is C13H18. The number of allylic oxidation sites excluding steroid dienone is 8. The van der Waals surface area contributed by atoms with Crippen molar-refractivity contribution in [3.63, 3.8) is 0 Å². The van der Waals surface area contributed by atoms with Crippen molar-refractivity contribution in [1.29, 1.82) is 0 Å². The van der Waals surface area contributed by atoms with Crippen LogP contribution in [0.4, 0.5) is 0 Å². The molecule has 0 aliphatic carbocycles. The molecule has 0 saturated heterocycles. The van der Waals surface area contributed by atoms with Crippen molar-refractivity contribution in [3.05, 3.63) is 60.3 Å². The van der Waals surface area contributed by atoms with Gasteiger partial charge < -0.3 is 0 Å². The van der Waals surface area contributed by atoms with Crippen LogP contribution in [-0.4, -0.2) is 0 Å². The Bertz CT molecular complexity index is 272. The SMILES string of the molecule is C=CC(=C/C)/C=C(/C=C\C)C(=C)C. The number of hydrogen-bond acceptors (Lipinski definition) is 0. The highest BCUT2D eigenvalue weighted by atomic mass is 14.0. The van der Waals surface area contributed by atoms with Gasteiger partial charge in [0.15, 0.2) is 0 Å². The molecule has 0 amide bonds. The molecule has 13 heavy (non-hydrogen) atoms. The van der Waals surface area contributed by atoms with E-state index < -0.39 is 0 Å². The number of hydrogen-bond donors (Lipinski definition) is 0. The van der Waals surface area contributed by atoms with Gasteiger partial charge in [-0.2, -0.15) is 0 Å². The summed E-state index contributed by atoms with van der Waals surface area (Å²) in [6.45, 7) is 13.7. The predicted octanol–water partition coefficient (Wildman–Crippen LogP) is 4.20. The van der Waals surface area contributed by atoms with Crippen LogP contribution in [0.25, 0.3) is 0 Å². The molecule has 0 atom stereocenters. The lowest BCUT2D eigenvalue weighted by Crippen LogP contribution is -1.81. The van der Waals surface area contributed by atoms with E-state index in [1.807, 2.05) is 39.0 Å². The molecule has 0 aromatic heterocycles. The quantitative estimate of drug-likeness (QED) is 0.560. The predicted molar refractivity (Wildman–Crippen MR) is 61.7 cm³/mol. The van der Waals surface area contributed by atoms with Crippen molar-refractivity contribution in [1.82, 2.24) is 0 Å². The Balaban J connectivity index is 4.92. The van der Waals surface area contributed by atoms with Gasteiger partial charge in [-0.3, -0.25) is 0 Å². The molecule has 0 N–H and O–H groups in total. The maximum Gasteiger partial charge on any atom is -0.0231 e. The third kappa shape index (κ3) is 4.32. The molecule has 0 nitrogen and oxygen atoms in total. The van der Waals surface area contributed by atoms with Crippen LogP contribution in [0.5, 0.6) is 0 Å². The van der Waals surface area contributed by atoms with Crippen LogP contribution >= 0.6 is 0 Å². The highest BCUT2D eigenvalue weighted by Crippen LogP contribution is 2.12. The van der Waals surface area contributed by atoms with Crippen molar-refractivity contribution in [3.8, 4) is 0 Å². The molecule has 0 unspecified atom stereocenters. The first-order valence-corrected chi connectivity index (χ1v) is 4.44. The minimum absolute atomic E-state index is 1.07. The molecule has 0 fully saturated rings. The van der Waals surface area contributed by atoms with Gasteiger partial charge in [0.1, 0.15) is 0 Å². The number of rotatable bonds is 4. The van der Waals surface area contributed by atoms with Gasteiger partial charge in [-0.1, -0.05) is 43.0 Å². The first-order chi connectivity index (χ1) is 6.15. The average molecular weight is 174 g/mol. The van der Waals surface area contributed by atoms with Crippen molar-refractivity contribution < 1.29 is 0 Å². The van der Waals surface area contributed by atoms with Gasteiger partial charge in [-0.15, -0.1) is 0 Å². The van der Waals surface area contributed by atoms with Crippen LogP contribution in [0.1, 0.15) is 20.8 Å². The lowest BCUT2D eigenvalue weighted by Gasteiger charge is -2.00. The molecule has 70 valence electrons. The Hall–Kier alpha value is -1.30. The molecule has 0 bridgehead atoms. The van der Waals surface area contributed by atoms with E-state index in [9.17, 15) is 0 Å². The summed E-state index contributed by atoms with van der Waals surface area (Å²) in [6.07, 6.45) is 10.0. The highest BCUT2D eigenvalue weighted by molar-refractivity contribution is 5.44. The second kappa shape index (κ2) is 6.24. The van der Waals surface area contributed by atoms with Gasteiger partial charge in [-0.25, -0.2) is 0 Å². The van der Waals surface area contributed by atoms with Gasteiger partial charge in [0, 0.05) is 0 Å². The molecule has 0 heterocycles. The van der Waals surface area contributed by atoms with Gasteiger partial charge in [0.05, 0.1) is 0 Å². The third-order valence-corrected chi connectivity index (χ3v) is 1.73. The summed E-state index contributed by atoms with van der Waals surface area (Å²) in [6, 6.07) is 0. The summed E-state index contributed by atoms with van der Waals surface area (Å²) in [7, 11) is 0. The van der Waals surface area contributed by atoms with Crippen molar-refractivity contribution in [2.24, 2.45) is 0 Å². The zero-order chi connectivity index (χ0) is 10.3. The Morgan fingerprint density at radius 1 is 1.23 bits per heavy atom. The maximum absolute atomic E-state index is 3.91. The summed E-state index contributed by atoms with van der Waals surface area (Å²) >= 11 is 0. The van der Waals surface area contributed by atoms with Crippen LogP contribution in [-0.2, 0) is 0 Å². The second-order valence-electron chi connectivity index (χ2n) is 2.87. The topological polar surface area (TPSA) is 0 Å². The molecule has 0 heteroatoms. The molecule has 0 aromatic carbocycles. The van der Waals surface area contributed by atoms with E-state index in [2.05, 4.69) is 25.3 Å². The zero-order valence-corrected chi connectivity index (χ0v) is 8.80. The minimum atomic E-state index is 1.07. The Morgan fingerprint density at radius 3 is 2.15 bits per heavy atom. The van der Waals surface area contributed by atoms with E-state index in [0.717, 1.165) is 16.7 Å². The van der Waals surface area contributed by atoms with E-state index in [1.54, 1.807) is 0 Å². The van der Waals surface area contributed by atoms with E-state index in [1.165, 1.54) is 0 Å². The average Bonchev–Trinajstić information content (AvgIpc) is 2.11. The summed E-state index contributed by atoms with van der Waals surface area (Å²) < 4.78 is 0.